The van der Waals surface area contributed by atoms with Crippen LogP contribution in [0.15, 0.2) is 73.3 Å². The average Bonchev–Trinajstić information content (AvgIpc) is 3.59. The number of carbonyl (C=O) groups is 2. The van der Waals surface area contributed by atoms with Crippen molar-refractivity contribution in [3.63, 3.8) is 0 Å². The van der Waals surface area contributed by atoms with E-state index in [2.05, 4.69) is 24.1 Å². The minimum Gasteiger partial charge on any atom is -0.493 e. The van der Waals surface area contributed by atoms with Crippen LogP contribution in [0.1, 0.15) is 31.0 Å². The molecule has 224 valence electrons. The maximum Gasteiger partial charge on any atom is 0.416 e. The van der Waals surface area contributed by atoms with E-state index in [0.29, 0.717) is 35.6 Å². The highest BCUT2D eigenvalue weighted by atomic mass is 16.6. The Bertz CT molecular complexity index is 1550. The average molecular weight is 586 g/mol. The van der Waals surface area contributed by atoms with Crippen molar-refractivity contribution in [1.29, 1.82) is 0 Å². The Morgan fingerprint density at radius 3 is 2.49 bits per heavy atom. The number of nitrogens with zero attached hydrogens (tertiary/aromatic N) is 6. The van der Waals surface area contributed by atoms with E-state index in [4.69, 9.17) is 24.2 Å². The third-order valence-corrected chi connectivity index (χ3v) is 7.15. The molecule has 1 N–H and O–H groups in total. The van der Waals surface area contributed by atoms with Gasteiger partial charge in [0.05, 0.1) is 19.9 Å². The first kappa shape index (κ1) is 29.4. The normalized spacial score (nSPS) is 14.9. The van der Waals surface area contributed by atoms with Crippen molar-refractivity contribution in [3.8, 4) is 23.2 Å². The van der Waals surface area contributed by atoms with E-state index >= 15 is 0 Å². The second-order valence-electron chi connectivity index (χ2n) is 10.3. The Labute approximate surface area is 250 Å². The van der Waals surface area contributed by atoms with Crippen LogP contribution in [-0.4, -0.2) is 76.3 Å². The Morgan fingerprint density at radius 2 is 1.79 bits per heavy atom. The van der Waals surface area contributed by atoms with Gasteiger partial charge in [0.2, 0.25) is 11.9 Å². The number of rotatable bonds is 9. The summed E-state index contributed by atoms with van der Waals surface area (Å²) in [5, 5.41) is 2.99. The molecule has 1 unspecified atom stereocenters. The molecule has 2 aromatic carbocycles. The summed E-state index contributed by atoms with van der Waals surface area (Å²) in [4.78, 5) is 44.2. The highest BCUT2D eigenvalue weighted by Gasteiger charge is 2.37. The lowest BCUT2D eigenvalue weighted by atomic mass is 10.1. The van der Waals surface area contributed by atoms with Crippen LogP contribution in [0.2, 0.25) is 0 Å². The number of para-hydroxylation sites is 1. The van der Waals surface area contributed by atoms with Gasteiger partial charge in [-0.15, -0.1) is 0 Å². The Kier molecular flexibility index (Phi) is 9.04. The SMILES string of the molecule is COc1ccc(CNC(=O)C2CN(c3cc(C(C)C)nc(-n4ccnc4)n3)CCN2C(=O)Oc2ccccc2)cc1OC. The number of nitrogens with one attached hydrogen (secondary N) is 1. The molecular weight excluding hydrogens is 550 g/mol. The quantitative estimate of drug-likeness (QED) is 0.312. The van der Waals surface area contributed by atoms with Crippen molar-refractivity contribution in [2.45, 2.75) is 32.4 Å². The molecule has 1 aliphatic heterocycles. The van der Waals surface area contributed by atoms with Gasteiger partial charge in [0, 0.05) is 44.6 Å². The molecule has 2 amide bonds. The van der Waals surface area contributed by atoms with Crippen molar-refractivity contribution in [2.24, 2.45) is 0 Å². The van der Waals surface area contributed by atoms with E-state index < -0.39 is 12.1 Å². The third kappa shape index (κ3) is 6.85. The lowest BCUT2D eigenvalue weighted by Gasteiger charge is -2.40. The summed E-state index contributed by atoms with van der Waals surface area (Å²) in [7, 11) is 3.13. The first-order valence-electron chi connectivity index (χ1n) is 14.0. The van der Waals surface area contributed by atoms with Crippen LogP contribution < -0.4 is 24.4 Å². The predicted molar refractivity (Wildman–Crippen MR) is 160 cm³/mol. The minimum absolute atomic E-state index is 0.145. The van der Waals surface area contributed by atoms with Crippen molar-refractivity contribution in [2.75, 3.05) is 38.8 Å². The number of anilines is 1. The lowest BCUT2D eigenvalue weighted by molar-refractivity contribution is -0.126. The van der Waals surface area contributed by atoms with Crippen LogP contribution >= 0.6 is 0 Å². The molecule has 0 saturated carbocycles. The second kappa shape index (κ2) is 13.2. The minimum atomic E-state index is -0.848. The molecule has 0 radical (unpaired) electrons. The molecule has 1 aliphatic rings. The second-order valence-corrected chi connectivity index (χ2v) is 10.3. The first-order chi connectivity index (χ1) is 20.9. The smallest absolute Gasteiger partial charge is 0.416 e. The van der Waals surface area contributed by atoms with Crippen LogP contribution in [0.4, 0.5) is 10.6 Å². The monoisotopic (exact) mass is 585 g/mol. The maximum atomic E-state index is 13.7. The number of aromatic nitrogens is 4. The topological polar surface area (TPSA) is 124 Å². The van der Waals surface area contributed by atoms with Crippen molar-refractivity contribution >= 4 is 17.8 Å². The number of hydrogen-bond acceptors (Lipinski definition) is 9. The van der Waals surface area contributed by atoms with E-state index in [1.165, 1.54) is 4.90 Å². The van der Waals surface area contributed by atoms with Gasteiger partial charge in [0.15, 0.2) is 11.5 Å². The highest BCUT2D eigenvalue weighted by Crippen LogP contribution is 2.28. The molecule has 1 saturated heterocycles. The zero-order chi connectivity index (χ0) is 30.3. The van der Waals surface area contributed by atoms with Gasteiger partial charge in [-0.2, -0.15) is 4.98 Å². The standard InChI is InChI=1S/C31H35N7O5/c1-21(2)24-17-28(35-30(34-24)37-13-12-32-20-37)36-14-15-38(31(40)43-23-8-6-5-7-9-23)25(19-36)29(39)33-18-22-10-11-26(41-3)27(16-22)42-4/h5-13,16-17,20-21,25H,14-15,18-19H2,1-4H3,(H,33,39). The van der Waals surface area contributed by atoms with Gasteiger partial charge in [-0.1, -0.05) is 38.1 Å². The van der Waals surface area contributed by atoms with Gasteiger partial charge >= 0.3 is 6.09 Å². The van der Waals surface area contributed by atoms with E-state index in [-0.39, 0.29) is 31.5 Å². The van der Waals surface area contributed by atoms with Gasteiger partial charge < -0.3 is 24.4 Å². The number of piperazine rings is 1. The largest absolute Gasteiger partial charge is 0.493 e. The van der Waals surface area contributed by atoms with E-state index in [1.807, 2.05) is 23.1 Å². The number of carbonyl (C=O) groups excluding carboxylic acids is 2. The number of imidazole rings is 1. The Morgan fingerprint density at radius 1 is 1.00 bits per heavy atom. The van der Waals surface area contributed by atoms with Crippen LogP contribution in [-0.2, 0) is 11.3 Å². The fourth-order valence-corrected chi connectivity index (χ4v) is 4.77. The van der Waals surface area contributed by atoms with Gasteiger partial charge in [-0.3, -0.25) is 14.3 Å². The molecule has 1 fully saturated rings. The maximum absolute atomic E-state index is 13.7. The van der Waals surface area contributed by atoms with E-state index in [1.54, 1.807) is 73.9 Å². The Hall–Kier alpha value is -5.13. The lowest BCUT2D eigenvalue weighted by Crippen LogP contribution is -2.61. The molecular formula is C31H35N7O5. The zero-order valence-corrected chi connectivity index (χ0v) is 24.6. The van der Waals surface area contributed by atoms with Gasteiger partial charge in [0.1, 0.15) is 23.9 Å². The highest BCUT2D eigenvalue weighted by molar-refractivity contribution is 5.87. The van der Waals surface area contributed by atoms with Crippen molar-refractivity contribution in [1.82, 2.24) is 29.7 Å². The van der Waals surface area contributed by atoms with Gasteiger partial charge in [0.25, 0.3) is 0 Å². The number of benzene rings is 2. The third-order valence-electron chi connectivity index (χ3n) is 7.15. The molecule has 0 spiro atoms. The first-order valence-corrected chi connectivity index (χ1v) is 14.0. The van der Waals surface area contributed by atoms with Crippen molar-refractivity contribution < 1.29 is 23.8 Å². The summed E-state index contributed by atoms with van der Waals surface area (Å²) < 4.78 is 18.1. The molecule has 43 heavy (non-hydrogen) atoms. The van der Waals surface area contributed by atoms with Gasteiger partial charge in [-0.25, -0.2) is 14.8 Å². The summed E-state index contributed by atoms with van der Waals surface area (Å²) in [5.74, 6) is 2.53. The van der Waals surface area contributed by atoms with Crippen LogP contribution in [0.25, 0.3) is 5.95 Å². The number of ether oxygens (including phenoxy) is 3. The molecule has 4 aromatic rings. The summed E-state index contributed by atoms with van der Waals surface area (Å²) in [5.41, 5.74) is 1.67. The molecule has 12 heteroatoms. The van der Waals surface area contributed by atoms with Gasteiger partial charge in [-0.05, 0) is 35.7 Å². The van der Waals surface area contributed by atoms with Crippen LogP contribution in [0, 0.1) is 0 Å². The van der Waals surface area contributed by atoms with Crippen molar-refractivity contribution in [3.05, 3.63) is 84.6 Å². The summed E-state index contributed by atoms with van der Waals surface area (Å²) >= 11 is 0. The summed E-state index contributed by atoms with van der Waals surface area (Å²) in [6.07, 6.45) is 4.50. The zero-order valence-electron chi connectivity index (χ0n) is 24.6. The Balaban J connectivity index is 1.40. The molecule has 12 nitrogen and oxygen atoms in total. The number of amides is 2. The molecule has 3 heterocycles. The molecule has 5 rings (SSSR count). The molecule has 2 aromatic heterocycles. The fraction of sp³-hybridized carbons (Fsp3) is 0.323. The summed E-state index contributed by atoms with van der Waals surface area (Å²) in [6, 6.07) is 15.3. The molecule has 1 atom stereocenters. The fourth-order valence-electron chi connectivity index (χ4n) is 4.77. The summed E-state index contributed by atoms with van der Waals surface area (Å²) in [6.45, 7) is 5.26. The molecule has 0 aliphatic carbocycles. The predicted octanol–water partition coefficient (Wildman–Crippen LogP) is 3.81. The van der Waals surface area contributed by atoms with E-state index in [9.17, 15) is 9.59 Å². The van der Waals surface area contributed by atoms with E-state index in [0.717, 1.165) is 11.3 Å². The number of methoxy groups -OCH3 is 2. The number of hydrogen-bond donors (Lipinski definition) is 1. The van der Waals surface area contributed by atoms with Crippen LogP contribution in [0.3, 0.4) is 0 Å². The molecule has 0 bridgehead atoms. The van der Waals surface area contributed by atoms with Crippen LogP contribution in [0.5, 0.6) is 17.2 Å².